The number of nitrogens with zero attached hydrogens (tertiary/aromatic N) is 4. The maximum Gasteiger partial charge on any atom is 0.276 e. The number of halogens is 1. The number of azo groups is 1. The van der Waals surface area contributed by atoms with Crippen molar-refractivity contribution in [1.82, 2.24) is 26.1 Å². The normalized spacial score (nSPS) is 21.7. The van der Waals surface area contributed by atoms with Crippen LogP contribution < -0.4 is 16.0 Å². The van der Waals surface area contributed by atoms with Crippen molar-refractivity contribution in [2.45, 2.75) is 38.1 Å². The summed E-state index contributed by atoms with van der Waals surface area (Å²) in [4.78, 5) is 28.2. The molecule has 1 aliphatic carbocycles. The number of aryl methyl sites for hydroxylation is 1. The van der Waals surface area contributed by atoms with Gasteiger partial charge in [-0.15, -0.1) is 22.6 Å². The molecule has 10 nitrogen and oxygen atoms in total. The Morgan fingerprint density at radius 1 is 1.26 bits per heavy atom. The van der Waals surface area contributed by atoms with Gasteiger partial charge in [-0.05, 0) is 25.8 Å². The first-order valence-corrected chi connectivity index (χ1v) is 10.3. The Morgan fingerprint density at radius 3 is 3.00 bits per heavy atom. The molecule has 1 aromatic heterocycles. The fraction of sp³-hybridized carbons (Fsp3) is 0.500. The zero-order valence-corrected chi connectivity index (χ0v) is 17.9. The number of carbonyl (C=O) groups excluding carboxylic acids is 2. The second-order valence-electron chi connectivity index (χ2n) is 7.39. The van der Waals surface area contributed by atoms with E-state index in [1.807, 2.05) is 24.3 Å². The topological polar surface area (TPSA) is 134 Å². The van der Waals surface area contributed by atoms with Gasteiger partial charge in [0, 0.05) is 31.5 Å². The molecule has 1 fully saturated rings. The second-order valence-corrected chi connectivity index (χ2v) is 7.39. The third kappa shape index (κ3) is 5.86. The molecule has 11 heteroatoms. The molecular formula is C20H26ClN7O3. The molecule has 2 amide bonds. The van der Waals surface area contributed by atoms with Crippen LogP contribution >= 0.6 is 12.4 Å². The highest BCUT2D eigenvalue weighted by molar-refractivity contribution is 5.86. The van der Waals surface area contributed by atoms with Gasteiger partial charge in [-0.3, -0.25) is 9.59 Å². The molecule has 1 saturated heterocycles. The van der Waals surface area contributed by atoms with Gasteiger partial charge in [0.1, 0.15) is 0 Å². The van der Waals surface area contributed by atoms with E-state index in [2.05, 4.69) is 36.3 Å². The van der Waals surface area contributed by atoms with Gasteiger partial charge in [-0.1, -0.05) is 29.5 Å². The molecule has 2 atom stereocenters. The molecule has 1 aromatic rings. The Balaban J connectivity index is 0.00000272. The minimum Gasteiger partial charge on any atom is -0.368 e. The standard InChI is InChI=1S/C20H25N7O3.ClH/c28-16(8-9-17-24-19(27-30-17)15-7-3-10-21-15)22-11-4-12-23-18-13-5-1-2-6-14(13)20(29)26-25-18;/h1-2,5-6,14-15,21,23H,3-4,7-12H2,(H,22,28);1H. The van der Waals surface area contributed by atoms with Crippen molar-refractivity contribution in [2.75, 3.05) is 19.6 Å². The molecule has 31 heavy (non-hydrogen) atoms. The smallest absolute Gasteiger partial charge is 0.276 e. The van der Waals surface area contributed by atoms with Gasteiger partial charge in [0.2, 0.25) is 11.8 Å². The van der Waals surface area contributed by atoms with E-state index in [4.69, 9.17) is 4.52 Å². The fourth-order valence-corrected chi connectivity index (χ4v) is 3.59. The van der Waals surface area contributed by atoms with Crippen LogP contribution in [0.1, 0.15) is 43.4 Å². The van der Waals surface area contributed by atoms with Crippen LogP contribution in [0, 0.1) is 5.92 Å². The minimum absolute atomic E-state index is 0. The molecule has 0 aromatic carbocycles. The van der Waals surface area contributed by atoms with Gasteiger partial charge in [0.15, 0.2) is 11.6 Å². The van der Waals surface area contributed by atoms with E-state index in [-0.39, 0.29) is 36.2 Å². The molecule has 0 radical (unpaired) electrons. The molecule has 2 unspecified atom stereocenters. The highest BCUT2D eigenvalue weighted by atomic mass is 35.5. The number of rotatable bonds is 9. The lowest BCUT2D eigenvalue weighted by atomic mass is 9.93. The fourth-order valence-electron chi connectivity index (χ4n) is 3.59. The summed E-state index contributed by atoms with van der Waals surface area (Å²) in [5, 5.41) is 21.1. The highest BCUT2D eigenvalue weighted by Gasteiger charge is 2.27. The lowest BCUT2D eigenvalue weighted by Crippen LogP contribution is -2.28. The maximum absolute atomic E-state index is 12.0. The van der Waals surface area contributed by atoms with Gasteiger partial charge < -0.3 is 20.5 Å². The first-order chi connectivity index (χ1) is 14.7. The number of fused-ring (bicyclic) bond motifs is 1. The first-order valence-electron chi connectivity index (χ1n) is 10.3. The van der Waals surface area contributed by atoms with E-state index < -0.39 is 0 Å². The molecule has 0 spiro atoms. The van der Waals surface area contributed by atoms with Gasteiger partial charge in [-0.25, -0.2) is 0 Å². The lowest BCUT2D eigenvalue weighted by Gasteiger charge is -2.20. The molecule has 4 rings (SSSR count). The van der Waals surface area contributed by atoms with Crippen molar-refractivity contribution in [3.63, 3.8) is 0 Å². The lowest BCUT2D eigenvalue weighted by molar-refractivity contribution is -0.121. The zero-order chi connectivity index (χ0) is 20.8. The Kier molecular flexibility index (Phi) is 8.07. The van der Waals surface area contributed by atoms with Crippen LogP contribution in [0.5, 0.6) is 0 Å². The quantitative estimate of drug-likeness (QED) is 0.492. The average molecular weight is 448 g/mol. The van der Waals surface area contributed by atoms with E-state index in [0.29, 0.717) is 49.9 Å². The Morgan fingerprint density at radius 2 is 2.16 bits per heavy atom. The number of hydrogen-bond acceptors (Lipinski definition) is 8. The number of amides is 2. The second kappa shape index (κ2) is 11.0. The summed E-state index contributed by atoms with van der Waals surface area (Å²) < 4.78 is 5.24. The summed E-state index contributed by atoms with van der Waals surface area (Å²) in [7, 11) is 0. The third-order valence-corrected chi connectivity index (χ3v) is 5.20. The van der Waals surface area contributed by atoms with Crippen molar-refractivity contribution >= 4 is 24.2 Å². The third-order valence-electron chi connectivity index (χ3n) is 5.20. The van der Waals surface area contributed by atoms with E-state index in [1.54, 1.807) is 0 Å². The van der Waals surface area contributed by atoms with Gasteiger partial charge in [0.25, 0.3) is 5.91 Å². The Bertz CT molecular complexity index is 916. The minimum atomic E-state index is -0.357. The summed E-state index contributed by atoms with van der Waals surface area (Å²) in [5.74, 6) is 1.11. The summed E-state index contributed by atoms with van der Waals surface area (Å²) >= 11 is 0. The molecule has 0 saturated carbocycles. The Hall–Kier alpha value is -2.85. The van der Waals surface area contributed by atoms with Crippen LogP contribution in [-0.2, 0) is 16.0 Å². The van der Waals surface area contributed by atoms with Gasteiger partial charge in [0.05, 0.1) is 12.0 Å². The van der Waals surface area contributed by atoms with Crippen molar-refractivity contribution in [3.05, 3.63) is 47.4 Å². The highest BCUT2D eigenvalue weighted by Crippen LogP contribution is 2.27. The summed E-state index contributed by atoms with van der Waals surface area (Å²) in [6.45, 7) is 2.11. The van der Waals surface area contributed by atoms with Crippen LogP contribution in [0.2, 0.25) is 0 Å². The molecule has 2 aliphatic heterocycles. The summed E-state index contributed by atoms with van der Waals surface area (Å²) in [6.07, 6.45) is 11.0. The van der Waals surface area contributed by atoms with Crippen molar-refractivity contribution in [1.29, 1.82) is 0 Å². The summed E-state index contributed by atoms with van der Waals surface area (Å²) in [6, 6.07) is 0.164. The monoisotopic (exact) mass is 447 g/mol. The maximum atomic E-state index is 12.0. The predicted octanol–water partition coefficient (Wildman–Crippen LogP) is 1.89. The van der Waals surface area contributed by atoms with Gasteiger partial charge >= 0.3 is 0 Å². The number of allylic oxidation sites excluding steroid dienone is 3. The van der Waals surface area contributed by atoms with E-state index >= 15 is 0 Å². The van der Waals surface area contributed by atoms with Crippen LogP contribution in [0.4, 0.5) is 0 Å². The number of hydrogen-bond donors (Lipinski definition) is 3. The van der Waals surface area contributed by atoms with Crippen LogP contribution in [0.3, 0.4) is 0 Å². The average Bonchev–Trinajstić information content (AvgIpc) is 3.45. The van der Waals surface area contributed by atoms with Crippen LogP contribution in [0.15, 0.2) is 50.4 Å². The molecule has 3 aliphatic rings. The SMILES string of the molecule is Cl.O=C(CCc1nc(C2CCCN2)no1)NCCCNC1=C2C=CC=CC2C(=O)N=N1. The van der Waals surface area contributed by atoms with E-state index in [0.717, 1.165) is 25.0 Å². The van der Waals surface area contributed by atoms with Crippen LogP contribution in [-0.4, -0.2) is 41.6 Å². The van der Waals surface area contributed by atoms with Crippen molar-refractivity contribution < 1.29 is 14.1 Å². The molecule has 3 N–H and O–H groups in total. The first kappa shape index (κ1) is 22.8. The molecule has 3 heterocycles. The largest absolute Gasteiger partial charge is 0.368 e. The van der Waals surface area contributed by atoms with E-state index in [9.17, 15) is 9.59 Å². The zero-order valence-electron chi connectivity index (χ0n) is 17.0. The molecular weight excluding hydrogens is 422 g/mol. The van der Waals surface area contributed by atoms with E-state index in [1.165, 1.54) is 0 Å². The number of carbonyl (C=O) groups is 2. The van der Waals surface area contributed by atoms with Crippen molar-refractivity contribution in [3.8, 4) is 0 Å². The summed E-state index contributed by atoms with van der Waals surface area (Å²) in [5.41, 5.74) is 0.827. The molecule has 0 bridgehead atoms. The number of nitrogens with one attached hydrogen (secondary N) is 3. The van der Waals surface area contributed by atoms with Crippen molar-refractivity contribution in [2.24, 2.45) is 16.1 Å². The van der Waals surface area contributed by atoms with Crippen LogP contribution in [0.25, 0.3) is 0 Å². The van der Waals surface area contributed by atoms with Gasteiger partial charge in [-0.2, -0.15) is 4.98 Å². The predicted molar refractivity (Wildman–Crippen MR) is 114 cm³/mol. The Labute approximate surface area is 186 Å². The molecule has 166 valence electrons. The number of aromatic nitrogens is 2.